The average Bonchev–Trinajstić information content (AvgIpc) is 3.06. The van der Waals surface area contributed by atoms with Crippen LogP contribution in [0.5, 0.6) is 0 Å². The zero-order valence-corrected chi connectivity index (χ0v) is 14.7. The van der Waals surface area contributed by atoms with Crippen LogP contribution in [0.3, 0.4) is 0 Å². The van der Waals surface area contributed by atoms with Crippen molar-refractivity contribution in [1.82, 2.24) is 14.5 Å². The molecule has 0 spiro atoms. The maximum absolute atomic E-state index is 13.8. The van der Waals surface area contributed by atoms with Gasteiger partial charge in [0.2, 0.25) is 5.95 Å². The van der Waals surface area contributed by atoms with E-state index in [4.69, 9.17) is 4.74 Å². The fourth-order valence-corrected chi connectivity index (χ4v) is 2.88. The smallest absolute Gasteiger partial charge is 0.209 e. The first-order valence-electron chi connectivity index (χ1n) is 8.76. The Morgan fingerprint density at radius 2 is 1.85 bits per heavy atom. The summed E-state index contributed by atoms with van der Waals surface area (Å²) in [6, 6.07) is 20.2. The molecule has 136 valence electrons. The first-order valence-corrected chi connectivity index (χ1v) is 8.76. The molecule has 0 fully saturated rings. The quantitative estimate of drug-likeness (QED) is 0.501. The van der Waals surface area contributed by atoms with Gasteiger partial charge in [0.25, 0.3) is 0 Å². The molecule has 0 saturated carbocycles. The number of fused-ring (bicyclic) bond motifs is 1. The summed E-state index contributed by atoms with van der Waals surface area (Å²) < 4.78 is 21.3. The van der Waals surface area contributed by atoms with Crippen molar-refractivity contribution in [3.8, 4) is 5.82 Å². The van der Waals surface area contributed by atoms with E-state index in [0.717, 1.165) is 5.56 Å². The Labute approximate surface area is 156 Å². The van der Waals surface area contributed by atoms with E-state index in [1.807, 2.05) is 53.1 Å². The summed E-state index contributed by atoms with van der Waals surface area (Å²) in [5, 5.41) is 3.27. The van der Waals surface area contributed by atoms with Gasteiger partial charge in [-0.15, -0.1) is 0 Å². The number of hydrogen-bond donors (Lipinski definition) is 1. The summed E-state index contributed by atoms with van der Waals surface area (Å²) in [5.41, 5.74) is 2.50. The van der Waals surface area contributed by atoms with Crippen LogP contribution in [0.15, 0.2) is 72.9 Å². The van der Waals surface area contributed by atoms with Gasteiger partial charge in [0.15, 0.2) is 0 Å². The third kappa shape index (κ3) is 3.96. The molecule has 0 unspecified atom stereocenters. The molecule has 0 saturated heterocycles. The van der Waals surface area contributed by atoms with Crippen LogP contribution in [-0.4, -0.2) is 27.7 Å². The zero-order valence-electron chi connectivity index (χ0n) is 14.7. The third-order valence-corrected chi connectivity index (χ3v) is 4.14. The first-order chi connectivity index (χ1) is 13.3. The van der Waals surface area contributed by atoms with Gasteiger partial charge >= 0.3 is 0 Å². The molecule has 1 N–H and O–H groups in total. The number of rotatable bonds is 7. The molecule has 0 bridgehead atoms. The van der Waals surface area contributed by atoms with Crippen LogP contribution < -0.4 is 5.32 Å². The number of nitrogens with zero attached hydrogens (tertiary/aromatic N) is 3. The van der Waals surface area contributed by atoms with Crippen molar-refractivity contribution in [3.63, 3.8) is 0 Å². The van der Waals surface area contributed by atoms with Crippen molar-refractivity contribution in [1.29, 1.82) is 0 Å². The van der Waals surface area contributed by atoms with Gasteiger partial charge in [0.1, 0.15) is 11.6 Å². The maximum Gasteiger partial charge on any atom is 0.209 e. The molecule has 2 heterocycles. The van der Waals surface area contributed by atoms with Crippen LogP contribution >= 0.6 is 0 Å². The standard InChI is InChI=1S/C21H19FN4O/c22-17-9-10-18-19(14-17)26(20-8-4-5-11-23-20)21(25-18)24-12-13-27-15-16-6-2-1-3-7-16/h1-11,14H,12-13,15H2,(H,24,25). The van der Waals surface area contributed by atoms with Gasteiger partial charge in [0, 0.05) is 18.8 Å². The normalized spacial score (nSPS) is 11.0. The van der Waals surface area contributed by atoms with Gasteiger partial charge in [0.05, 0.1) is 24.2 Å². The van der Waals surface area contributed by atoms with E-state index < -0.39 is 0 Å². The molecule has 2 aromatic heterocycles. The number of ether oxygens (including phenoxy) is 1. The van der Waals surface area contributed by atoms with Gasteiger partial charge in [-0.25, -0.2) is 14.4 Å². The monoisotopic (exact) mass is 362 g/mol. The Hall–Kier alpha value is -3.25. The topological polar surface area (TPSA) is 52.0 Å². The molecule has 4 rings (SSSR count). The van der Waals surface area contributed by atoms with E-state index in [1.165, 1.54) is 12.1 Å². The molecule has 0 aliphatic carbocycles. The highest BCUT2D eigenvalue weighted by atomic mass is 19.1. The highest BCUT2D eigenvalue weighted by molar-refractivity contribution is 5.80. The van der Waals surface area contributed by atoms with E-state index >= 15 is 0 Å². The van der Waals surface area contributed by atoms with E-state index in [2.05, 4.69) is 15.3 Å². The number of benzene rings is 2. The molecular weight excluding hydrogens is 343 g/mol. The highest BCUT2D eigenvalue weighted by Gasteiger charge is 2.13. The minimum Gasteiger partial charge on any atom is -0.375 e. The van der Waals surface area contributed by atoms with Gasteiger partial charge in [-0.3, -0.25) is 4.57 Å². The van der Waals surface area contributed by atoms with E-state index in [-0.39, 0.29) is 5.82 Å². The number of nitrogens with one attached hydrogen (secondary N) is 1. The number of anilines is 1. The SMILES string of the molecule is Fc1ccc2nc(NCCOCc3ccccc3)n(-c3ccccn3)c2c1. The van der Waals surface area contributed by atoms with Crippen LogP contribution in [0.4, 0.5) is 10.3 Å². The van der Waals surface area contributed by atoms with Crippen LogP contribution in [0, 0.1) is 5.82 Å². The number of halogens is 1. The fraction of sp³-hybridized carbons (Fsp3) is 0.143. The van der Waals surface area contributed by atoms with Crippen molar-refractivity contribution in [2.75, 3.05) is 18.5 Å². The summed E-state index contributed by atoms with van der Waals surface area (Å²) >= 11 is 0. The van der Waals surface area contributed by atoms with Gasteiger partial charge in [-0.05, 0) is 29.8 Å². The zero-order chi connectivity index (χ0) is 18.5. The third-order valence-electron chi connectivity index (χ3n) is 4.14. The Bertz CT molecular complexity index is 1020. The molecule has 0 radical (unpaired) electrons. The lowest BCUT2D eigenvalue weighted by Crippen LogP contribution is -2.13. The summed E-state index contributed by atoms with van der Waals surface area (Å²) in [7, 11) is 0. The summed E-state index contributed by atoms with van der Waals surface area (Å²) in [4.78, 5) is 8.95. The molecule has 6 heteroatoms. The van der Waals surface area contributed by atoms with Gasteiger partial charge in [-0.2, -0.15) is 0 Å². The van der Waals surface area contributed by atoms with Crippen molar-refractivity contribution in [3.05, 3.63) is 84.3 Å². The second-order valence-corrected chi connectivity index (χ2v) is 6.06. The average molecular weight is 362 g/mol. The minimum atomic E-state index is -0.308. The fourth-order valence-electron chi connectivity index (χ4n) is 2.88. The van der Waals surface area contributed by atoms with Crippen LogP contribution in [0.1, 0.15) is 5.56 Å². The number of aromatic nitrogens is 3. The largest absolute Gasteiger partial charge is 0.375 e. The summed E-state index contributed by atoms with van der Waals surface area (Å²) in [5.74, 6) is 0.980. The van der Waals surface area contributed by atoms with Crippen molar-refractivity contribution < 1.29 is 9.13 Å². The number of pyridine rings is 1. The Balaban J connectivity index is 1.49. The molecule has 0 atom stereocenters. The van der Waals surface area contributed by atoms with Crippen molar-refractivity contribution >= 4 is 17.0 Å². The highest BCUT2D eigenvalue weighted by Crippen LogP contribution is 2.24. The van der Waals surface area contributed by atoms with Gasteiger partial charge in [-0.1, -0.05) is 36.4 Å². The van der Waals surface area contributed by atoms with Crippen LogP contribution in [-0.2, 0) is 11.3 Å². The minimum absolute atomic E-state index is 0.308. The lowest BCUT2D eigenvalue weighted by Gasteiger charge is -2.10. The van der Waals surface area contributed by atoms with E-state index in [0.29, 0.717) is 42.6 Å². The second-order valence-electron chi connectivity index (χ2n) is 6.06. The van der Waals surface area contributed by atoms with Crippen LogP contribution in [0.25, 0.3) is 16.9 Å². The predicted octanol–water partition coefficient (Wildman–Crippen LogP) is 4.19. The maximum atomic E-state index is 13.8. The first kappa shape index (κ1) is 17.2. The number of imidazole rings is 1. The number of hydrogen-bond acceptors (Lipinski definition) is 4. The predicted molar refractivity (Wildman–Crippen MR) is 103 cm³/mol. The molecule has 4 aromatic rings. The molecule has 0 amide bonds. The molecule has 0 aliphatic rings. The van der Waals surface area contributed by atoms with E-state index in [9.17, 15) is 4.39 Å². The molecule has 0 aliphatic heterocycles. The lowest BCUT2D eigenvalue weighted by atomic mass is 10.2. The van der Waals surface area contributed by atoms with Crippen molar-refractivity contribution in [2.45, 2.75) is 6.61 Å². The molecular formula is C21H19FN4O. The summed E-state index contributed by atoms with van der Waals surface area (Å²) in [6.07, 6.45) is 1.70. The summed E-state index contributed by atoms with van der Waals surface area (Å²) in [6.45, 7) is 1.66. The second kappa shape index (κ2) is 7.97. The molecule has 27 heavy (non-hydrogen) atoms. The van der Waals surface area contributed by atoms with Gasteiger partial charge < -0.3 is 10.1 Å². The molecule has 5 nitrogen and oxygen atoms in total. The Kier molecular flexibility index (Phi) is 5.07. The van der Waals surface area contributed by atoms with Crippen LogP contribution in [0.2, 0.25) is 0 Å². The Morgan fingerprint density at radius 1 is 1.00 bits per heavy atom. The Morgan fingerprint density at radius 3 is 2.67 bits per heavy atom. The van der Waals surface area contributed by atoms with Crippen molar-refractivity contribution in [2.24, 2.45) is 0 Å². The molecule has 2 aromatic carbocycles. The van der Waals surface area contributed by atoms with E-state index in [1.54, 1.807) is 12.3 Å². The lowest BCUT2D eigenvalue weighted by molar-refractivity contribution is 0.130.